The Balaban J connectivity index is 2.42. The molecule has 0 radical (unpaired) electrons. The maximum atomic E-state index is 6.43. The van der Waals surface area contributed by atoms with E-state index in [9.17, 15) is 0 Å². The maximum absolute atomic E-state index is 6.43. The van der Waals surface area contributed by atoms with Crippen LogP contribution in [-0.2, 0) is 0 Å². The number of benzene rings is 1. The molecule has 2 unspecified atom stereocenters. The van der Waals surface area contributed by atoms with E-state index in [1.165, 1.54) is 23.5 Å². The summed E-state index contributed by atoms with van der Waals surface area (Å²) < 4.78 is 0. The van der Waals surface area contributed by atoms with Crippen molar-refractivity contribution in [3.63, 3.8) is 0 Å². The molecule has 1 aromatic carbocycles. The molecule has 0 aliphatic rings. The Kier molecular flexibility index (Phi) is 6.19. The first-order valence-corrected chi connectivity index (χ1v) is 7.11. The van der Waals surface area contributed by atoms with E-state index in [4.69, 9.17) is 11.6 Å². The largest absolute Gasteiger partial charge is 0.162 e. The zero-order valence-corrected chi connectivity index (χ0v) is 11.0. The summed E-state index contributed by atoms with van der Waals surface area (Å²) in [6, 6.07) is 10.4. The SMILES string of the molecule is CCSCCC(C)C(Cl)c1ccccc1. The number of rotatable bonds is 6. The highest BCUT2D eigenvalue weighted by Gasteiger charge is 2.15. The van der Waals surface area contributed by atoms with Crippen molar-refractivity contribution in [2.24, 2.45) is 5.92 Å². The van der Waals surface area contributed by atoms with E-state index in [1.807, 2.05) is 17.8 Å². The van der Waals surface area contributed by atoms with Crippen molar-refractivity contribution in [2.75, 3.05) is 11.5 Å². The molecule has 0 fully saturated rings. The predicted molar refractivity (Wildman–Crippen MR) is 71.8 cm³/mol. The first-order valence-electron chi connectivity index (χ1n) is 5.52. The van der Waals surface area contributed by atoms with Crippen LogP contribution in [0.15, 0.2) is 30.3 Å². The van der Waals surface area contributed by atoms with E-state index in [1.54, 1.807) is 0 Å². The molecule has 15 heavy (non-hydrogen) atoms. The van der Waals surface area contributed by atoms with E-state index in [0.29, 0.717) is 5.92 Å². The first-order chi connectivity index (χ1) is 7.25. The summed E-state index contributed by atoms with van der Waals surface area (Å²) in [5.41, 5.74) is 1.24. The van der Waals surface area contributed by atoms with Gasteiger partial charge in [-0.2, -0.15) is 11.8 Å². The van der Waals surface area contributed by atoms with Crippen LogP contribution in [0.1, 0.15) is 31.2 Å². The van der Waals surface area contributed by atoms with Gasteiger partial charge in [-0.25, -0.2) is 0 Å². The molecule has 1 rings (SSSR count). The van der Waals surface area contributed by atoms with E-state index < -0.39 is 0 Å². The summed E-state index contributed by atoms with van der Waals surface area (Å²) in [6.07, 6.45) is 1.20. The Morgan fingerprint density at radius 2 is 1.93 bits per heavy atom. The molecule has 0 aliphatic heterocycles. The lowest BCUT2D eigenvalue weighted by Gasteiger charge is -2.17. The Morgan fingerprint density at radius 3 is 2.53 bits per heavy atom. The minimum Gasteiger partial charge on any atom is -0.162 e. The van der Waals surface area contributed by atoms with Crippen molar-refractivity contribution in [1.29, 1.82) is 0 Å². The average Bonchev–Trinajstić information content (AvgIpc) is 2.29. The molecule has 0 saturated carbocycles. The number of halogens is 1. The Morgan fingerprint density at radius 1 is 1.27 bits per heavy atom. The molecule has 0 saturated heterocycles. The summed E-state index contributed by atoms with van der Waals surface area (Å²) in [7, 11) is 0. The normalized spacial score (nSPS) is 14.9. The molecule has 0 aliphatic carbocycles. The third kappa shape index (κ3) is 4.48. The molecule has 0 spiro atoms. The minimum absolute atomic E-state index is 0.156. The van der Waals surface area contributed by atoms with Crippen LogP contribution >= 0.6 is 23.4 Å². The second-order valence-corrected chi connectivity index (χ2v) is 5.64. The van der Waals surface area contributed by atoms with Gasteiger partial charge in [-0.1, -0.05) is 44.2 Å². The van der Waals surface area contributed by atoms with Gasteiger partial charge in [-0.3, -0.25) is 0 Å². The topological polar surface area (TPSA) is 0 Å². The van der Waals surface area contributed by atoms with Crippen LogP contribution in [0.5, 0.6) is 0 Å². The van der Waals surface area contributed by atoms with Gasteiger partial charge in [-0.15, -0.1) is 11.6 Å². The summed E-state index contributed by atoms with van der Waals surface area (Å²) in [5.74, 6) is 2.96. The van der Waals surface area contributed by atoms with Crippen molar-refractivity contribution < 1.29 is 0 Å². The zero-order chi connectivity index (χ0) is 11.1. The zero-order valence-electron chi connectivity index (χ0n) is 9.45. The Labute approximate surface area is 102 Å². The second kappa shape index (κ2) is 7.19. The molecule has 84 valence electrons. The first kappa shape index (κ1) is 12.9. The summed E-state index contributed by atoms with van der Waals surface area (Å²) in [4.78, 5) is 0. The van der Waals surface area contributed by atoms with Gasteiger partial charge in [0.1, 0.15) is 0 Å². The molecule has 0 N–H and O–H groups in total. The highest BCUT2D eigenvalue weighted by Crippen LogP contribution is 2.31. The van der Waals surface area contributed by atoms with Crippen LogP contribution in [0, 0.1) is 5.92 Å². The molecule has 0 heterocycles. The van der Waals surface area contributed by atoms with Crippen LogP contribution in [0.25, 0.3) is 0 Å². The molecular formula is C13H19ClS. The van der Waals surface area contributed by atoms with E-state index >= 15 is 0 Å². The van der Waals surface area contributed by atoms with Gasteiger partial charge < -0.3 is 0 Å². The monoisotopic (exact) mass is 242 g/mol. The van der Waals surface area contributed by atoms with Crippen molar-refractivity contribution >= 4 is 23.4 Å². The second-order valence-electron chi connectivity index (χ2n) is 3.78. The van der Waals surface area contributed by atoms with Gasteiger partial charge in [0.05, 0.1) is 5.38 Å². The highest BCUT2D eigenvalue weighted by molar-refractivity contribution is 7.99. The van der Waals surface area contributed by atoms with Crippen molar-refractivity contribution in [2.45, 2.75) is 25.6 Å². The quantitative estimate of drug-likeness (QED) is 0.513. The van der Waals surface area contributed by atoms with Crippen LogP contribution in [-0.4, -0.2) is 11.5 Å². The number of hydrogen-bond acceptors (Lipinski definition) is 1. The van der Waals surface area contributed by atoms with Gasteiger partial charge >= 0.3 is 0 Å². The Bertz CT molecular complexity index is 260. The molecule has 0 aromatic heterocycles. The van der Waals surface area contributed by atoms with Crippen molar-refractivity contribution in [3.8, 4) is 0 Å². The minimum atomic E-state index is 0.156. The fraction of sp³-hybridized carbons (Fsp3) is 0.538. The van der Waals surface area contributed by atoms with Crippen LogP contribution in [0.4, 0.5) is 0 Å². The number of alkyl halides is 1. The summed E-state index contributed by atoms with van der Waals surface area (Å²) >= 11 is 8.42. The number of hydrogen-bond donors (Lipinski definition) is 0. The predicted octanol–water partition coefficient (Wildman–Crippen LogP) is 4.75. The molecule has 2 heteroatoms. The number of thioether (sulfide) groups is 1. The molecule has 0 nitrogen and oxygen atoms in total. The molecule has 2 atom stereocenters. The summed E-state index contributed by atoms with van der Waals surface area (Å²) in [6.45, 7) is 4.44. The highest BCUT2D eigenvalue weighted by atomic mass is 35.5. The van der Waals surface area contributed by atoms with Gasteiger partial charge in [0, 0.05) is 0 Å². The smallest absolute Gasteiger partial charge is 0.0611 e. The molecule has 1 aromatic rings. The van der Waals surface area contributed by atoms with Crippen LogP contribution in [0.2, 0.25) is 0 Å². The van der Waals surface area contributed by atoms with Crippen LogP contribution < -0.4 is 0 Å². The van der Waals surface area contributed by atoms with E-state index in [-0.39, 0.29) is 5.38 Å². The summed E-state index contributed by atoms with van der Waals surface area (Å²) in [5, 5.41) is 0.156. The third-order valence-corrected chi connectivity index (χ3v) is 4.15. The lowest BCUT2D eigenvalue weighted by atomic mass is 9.98. The van der Waals surface area contributed by atoms with E-state index in [2.05, 4.69) is 38.1 Å². The standard InChI is InChI=1S/C13H19ClS/c1-3-15-10-9-11(2)13(14)12-7-5-4-6-8-12/h4-8,11,13H,3,9-10H2,1-2H3. The molecular weight excluding hydrogens is 224 g/mol. The fourth-order valence-electron chi connectivity index (χ4n) is 1.53. The van der Waals surface area contributed by atoms with Gasteiger partial charge in [0.25, 0.3) is 0 Å². The average molecular weight is 243 g/mol. The fourth-order valence-corrected chi connectivity index (χ4v) is 2.62. The van der Waals surface area contributed by atoms with Gasteiger partial charge in [0.15, 0.2) is 0 Å². The molecule has 0 bridgehead atoms. The third-order valence-electron chi connectivity index (χ3n) is 2.54. The Hall–Kier alpha value is -0.140. The van der Waals surface area contributed by atoms with Crippen LogP contribution in [0.3, 0.4) is 0 Å². The lowest BCUT2D eigenvalue weighted by molar-refractivity contribution is 0.547. The van der Waals surface area contributed by atoms with E-state index in [0.717, 1.165) is 0 Å². The maximum Gasteiger partial charge on any atom is 0.0611 e. The van der Waals surface area contributed by atoms with Gasteiger partial charge in [0.2, 0.25) is 0 Å². The lowest BCUT2D eigenvalue weighted by Crippen LogP contribution is -2.05. The van der Waals surface area contributed by atoms with Crippen molar-refractivity contribution in [3.05, 3.63) is 35.9 Å². The van der Waals surface area contributed by atoms with Gasteiger partial charge in [-0.05, 0) is 29.4 Å². The van der Waals surface area contributed by atoms with Crippen molar-refractivity contribution in [1.82, 2.24) is 0 Å². The molecule has 0 amide bonds.